The first-order chi connectivity index (χ1) is 19.1. The maximum absolute atomic E-state index is 14.1. The molecule has 1 aromatic heterocycles. The molecule has 1 atom stereocenters. The van der Waals surface area contributed by atoms with Gasteiger partial charge in [0.25, 0.3) is 5.91 Å². The number of hydrogen-bond donors (Lipinski definition) is 0. The Balaban J connectivity index is 0.00000387. The van der Waals surface area contributed by atoms with Crippen molar-refractivity contribution in [3.8, 4) is 5.75 Å². The molecule has 0 aliphatic carbocycles. The standard InChI is InChI=1S/C28H29F3N4O4S.ClH/c29-28(30,31)22-10-12-23(13-11-22)39-27(14-6-16-35(21-27)40(37,38)24-7-2-1-3-8-24)26(36)34-19-17-33(18-20-34)25-9-4-5-15-32-25;/h1-5,7-13,15H,6,14,16-21H2;1H. The molecule has 41 heavy (non-hydrogen) atoms. The van der Waals surface area contributed by atoms with E-state index < -0.39 is 27.4 Å². The predicted octanol–water partition coefficient (Wildman–Crippen LogP) is 4.47. The summed E-state index contributed by atoms with van der Waals surface area (Å²) in [5, 5.41) is 0. The number of ether oxygens (including phenoxy) is 1. The molecule has 0 radical (unpaired) electrons. The highest BCUT2D eigenvalue weighted by Gasteiger charge is 2.50. The summed E-state index contributed by atoms with van der Waals surface area (Å²) in [5.41, 5.74) is -2.45. The summed E-state index contributed by atoms with van der Waals surface area (Å²) in [6.07, 6.45) is -2.27. The zero-order chi connectivity index (χ0) is 28.4. The number of carbonyl (C=O) groups excluding carboxylic acids is 1. The summed E-state index contributed by atoms with van der Waals surface area (Å²) in [5.74, 6) is 0.469. The maximum Gasteiger partial charge on any atom is 0.416 e. The van der Waals surface area contributed by atoms with Gasteiger partial charge in [-0.2, -0.15) is 17.5 Å². The number of aromatic nitrogens is 1. The Bertz CT molecular complexity index is 1420. The second kappa shape index (κ2) is 12.3. The number of pyridine rings is 1. The van der Waals surface area contributed by atoms with E-state index in [2.05, 4.69) is 9.88 Å². The van der Waals surface area contributed by atoms with Gasteiger partial charge in [0, 0.05) is 38.9 Å². The first-order valence-electron chi connectivity index (χ1n) is 13.0. The molecule has 13 heteroatoms. The molecular weight excluding hydrogens is 581 g/mol. The number of benzene rings is 2. The Kier molecular flexibility index (Phi) is 9.15. The lowest BCUT2D eigenvalue weighted by molar-refractivity contribution is -0.152. The molecule has 220 valence electrons. The van der Waals surface area contributed by atoms with Crippen LogP contribution in [0.25, 0.3) is 0 Å². The number of piperidine rings is 1. The van der Waals surface area contributed by atoms with Crippen molar-refractivity contribution >= 4 is 34.2 Å². The van der Waals surface area contributed by atoms with Crippen molar-refractivity contribution in [1.29, 1.82) is 0 Å². The van der Waals surface area contributed by atoms with Gasteiger partial charge in [-0.05, 0) is 61.4 Å². The number of hydrogen-bond acceptors (Lipinski definition) is 6. The van der Waals surface area contributed by atoms with Crippen LogP contribution in [0.3, 0.4) is 0 Å². The van der Waals surface area contributed by atoms with Gasteiger partial charge in [-0.1, -0.05) is 24.3 Å². The van der Waals surface area contributed by atoms with Gasteiger partial charge in [-0.25, -0.2) is 13.4 Å². The van der Waals surface area contributed by atoms with Crippen LogP contribution in [0.1, 0.15) is 18.4 Å². The number of sulfonamides is 1. The fourth-order valence-corrected chi connectivity index (χ4v) is 6.68. The number of alkyl halides is 3. The summed E-state index contributed by atoms with van der Waals surface area (Å²) in [6.45, 7) is 1.69. The van der Waals surface area contributed by atoms with Crippen molar-refractivity contribution in [2.45, 2.75) is 29.5 Å². The van der Waals surface area contributed by atoms with Gasteiger partial charge < -0.3 is 14.5 Å². The Labute approximate surface area is 243 Å². The van der Waals surface area contributed by atoms with Crippen LogP contribution in [0.4, 0.5) is 19.0 Å². The largest absolute Gasteiger partial charge is 0.476 e. The van der Waals surface area contributed by atoms with E-state index in [9.17, 15) is 26.4 Å². The van der Waals surface area contributed by atoms with Crippen molar-refractivity contribution in [1.82, 2.24) is 14.2 Å². The van der Waals surface area contributed by atoms with Crippen LogP contribution in [0.15, 0.2) is 83.9 Å². The highest BCUT2D eigenvalue weighted by Crippen LogP contribution is 2.35. The summed E-state index contributed by atoms with van der Waals surface area (Å²) < 4.78 is 73.8. The number of carbonyl (C=O) groups is 1. The van der Waals surface area contributed by atoms with E-state index in [0.29, 0.717) is 32.6 Å². The minimum absolute atomic E-state index is 0. The summed E-state index contributed by atoms with van der Waals surface area (Å²) in [4.78, 5) is 22.3. The Morgan fingerprint density at radius 2 is 1.54 bits per heavy atom. The number of nitrogens with zero attached hydrogens (tertiary/aromatic N) is 4. The second-order valence-corrected chi connectivity index (χ2v) is 11.8. The zero-order valence-electron chi connectivity index (χ0n) is 22.0. The molecule has 1 amide bonds. The smallest absolute Gasteiger partial charge is 0.416 e. The average molecular weight is 611 g/mol. The van der Waals surface area contributed by atoms with Gasteiger partial charge in [0.15, 0.2) is 0 Å². The number of amides is 1. The van der Waals surface area contributed by atoms with Gasteiger partial charge >= 0.3 is 6.18 Å². The fourth-order valence-electron chi connectivity index (χ4n) is 5.14. The minimum atomic E-state index is -4.52. The van der Waals surface area contributed by atoms with Crippen molar-refractivity contribution in [2.24, 2.45) is 0 Å². The molecule has 0 spiro atoms. The van der Waals surface area contributed by atoms with E-state index in [1.165, 1.54) is 28.6 Å². The van der Waals surface area contributed by atoms with Gasteiger partial charge in [0.1, 0.15) is 11.6 Å². The second-order valence-electron chi connectivity index (χ2n) is 9.84. The van der Waals surface area contributed by atoms with E-state index in [4.69, 9.17) is 4.74 Å². The molecular formula is C28H30ClF3N4O4S. The molecule has 2 aliphatic rings. The van der Waals surface area contributed by atoms with E-state index in [1.54, 1.807) is 29.3 Å². The Morgan fingerprint density at radius 3 is 2.15 bits per heavy atom. The highest BCUT2D eigenvalue weighted by atomic mass is 35.5. The molecule has 2 saturated heterocycles. The lowest BCUT2D eigenvalue weighted by Gasteiger charge is -2.45. The van der Waals surface area contributed by atoms with E-state index >= 15 is 0 Å². The third-order valence-electron chi connectivity index (χ3n) is 7.23. The molecule has 8 nitrogen and oxygen atoms in total. The average Bonchev–Trinajstić information content (AvgIpc) is 2.98. The fraction of sp³-hybridized carbons (Fsp3) is 0.357. The van der Waals surface area contributed by atoms with Gasteiger partial charge in [-0.3, -0.25) is 4.79 Å². The highest BCUT2D eigenvalue weighted by molar-refractivity contribution is 7.89. The Hall–Kier alpha value is -3.35. The van der Waals surface area contributed by atoms with Crippen LogP contribution < -0.4 is 9.64 Å². The molecule has 0 saturated carbocycles. The van der Waals surface area contributed by atoms with E-state index in [-0.39, 0.29) is 48.5 Å². The van der Waals surface area contributed by atoms with Crippen LogP contribution >= 0.6 is 12.4 Å². The molecule has 5 rings (SSSR count). The topological polar surface area (TPSA) is 83.1 Å². The third-order valence-corrected chi connectivity index (χ3v) is 9.09. The summed E-state index contributed by atoms with van der Waals surface area (Å²) in [7, 11) is -3.94. The molecule has 1 unspecified atom stereocenters. The van der Waals surface area contributed by atoms with Gasteiger partial charge in [-0.15, -0.1) is 12.4 Å². The van der Waals surface area contributed by atoms with Crippen molar-refractivity contribution in [2.75, 3.05) is 44.2 Å². The number of piperazine rings is 1. The van der Waals surface area contributed by atoms with Crippen molar-refractivity contribution < 1.29 is 31.1 Å². The van der Waals surface area contributed by atoms with E-state index in [0.717, 1.165) is 18.0 Å². The quantitative estimate of drug-likeness (QED) is 0.410. The number of rotatable bonds is 6. The molecule has 0 bridgehead atoms. The molecule has 0 N–H and O–H groups in total. The molecule has 2 aliphatic heterocycles. The first-order valence-corrected chi connectivity index (χ1v) is 14.4. The third kappa shape index (κ3) is 6.60. The van der Waals surface area contributed by atoms with Crippen LogP contribution in [-0.4, -0.2) is 73.4 Å². The number of halogens is 4. The predicted molar refractivity (Wildman–Crippen MR) is 150 cm³/mol. The van der Waals surface area contributed by atoms with Gasteiger partial charge in [0.2, 0.25) is 15.6 Å². The maximum atomic E-state index is 14.1. The van der Waals surface area contributed by atoms with Crippen molar-refractivity contribution in [3.63, 3.8) is 0 Å². The summed E-state index contributed by atoms with van der Waals surface area (Å²) in [6, 6.07) is 17.6. The van der Waals surface area contributed by atoms with Gasteiger partial charge in [0.05, 0.1) is 17.0 Å². The first kappa shape index (κ1) is 30.6. The van der Waals surface area contributed by atoms with Crippen LogP contribution in [-0.2, 0) is 21.0 Å². The van der Waals surface area contributed by atoms with Crippen LogP contribution in [0.5, 0.6) is 5.75 Å². The molecule has 2 fully saturated rings. The SMILES string of the molecule is Cl.O=C(N1CCN(c2ccccn2)CC1)C1(Oc2ccc(C(F)(F)F)cc2)CCCN(S(=O)(=O)c2ccccc2)C1. The molecule has 2 aromatic carbocycles. The van der Waals surface area contributed by atoms with Crippen LogP contribution in [0, 0.1) is 0 Å². The zero-order valence-corrected chi connectivity index (χ0v) is 23.7. The monoisotopic (exact) mass is 610 g/mol. The van der Waals surface area contributed by atoms with Crippen LogP contribution in [0.2, 0.25) is 0 Å². The normalized spacial score (nSPS) is 20.3. The lowest BCUT2D eigenvalue weighted by Crippen LogP contribution is -2.64. The Morgan fingerprint density at radius 1 is 0.878 bits per heavy atom. The lowest BCUT2D eigenvalue weighted by atomic mass is 9.91. The number of anilines is 1. The molecule has 3 heterocycles. The summed E-state index contributed by atoms with van der Waals surface area (Å²) >= 11 is 0. The molecule has 3 aromatic rings. The van der Waals surface area contributed by atoms with Crippen molar-refractivity contribution in [3.05, 3.63) is 84.6 Å². The van der Waals surface area contributed by atoms with E-state index in [1.807, 2.05) is 18.2 Å². The minimum Gasteiger partial charge on any atom is -0.476 e.